The molecular weight excluding hydrogens is 192 g/mol. The highest BCUT2D eigenvalue weighted by Gasteiger charge is 2.20. The van der Waals surface area contributed by atoms with Gasteiger partial charge in [0.05, 0.1) is 6.10 Å². The maximum atomic E-state index is 11.8. The lowest BCUT2D eigenvalue weighted by Crippen LogP contribution is -2.23. The molecule has 1 heterocycles. The van der Waals surface area contributed by atoms with Crippen LogP contribution in [0, 0.1) is 5.92 Å². The molecule has 0 saturated heterocycles. The Labute approximate surface area is 90.3 Å². The molecule has 0 bridgehead atoms. The van der Waals surface area contributed by atoms with Crippen molar-refractivity contribution in [2.24, 2.45) is 13.0 Å². The summed E-state index contributed by atoms with van der Waals surface area (Å²) >= 11 is 0. The van der Waals surface area contributed by atoms with E-state index in [1.807, 2.05) is 20.9 Å². The highest BCUT2D eigenvalue weighted by atomic mass is 16.5. The topological polar surface area (TPSA) is 44.1 Å². The van der Waals surface area contributed by atoms with E-state index in [1.54, 1.807) is 24.1 Å². The smallest absolute Gasteiger partial charge is 0.200 e. The average Bonchev–Trinajstić information content (AvgIpc) is 2.60. The second-order valence-electron chi connectivity index (χ2n) is 4.01. The van der Waals surface area contributed by atoms with Crippen LogP contribution < -0.4 is 0 Å². The van der Waals surface area contributed by atoms with Crippen LogP contribution in [-0.4, -0.2) is 28.5 Å². The summed E-state index contributed by atoms with van der Waals surface area (Å²) in [7, 11) is 3.45. The molecule has 0 spiro atoms. The first kappa shape index (κ1) is 11.9. The van der Waals surface area contributed by atoms with Crippen LogP contribution in [0.15, 0.2) is 12.4 Å². The van der Waals surface area contributed by atoms with E-state index in [1.165, 1.54) is 0 Å². The number of carbonyl (C=O) groups is 1. The number of aromatic nitrogens is 2. The standard InChI is InChI=1S/C11H18N2O2/c1-8(2)10(15-4)7-9(14)11-12-5-6-13(11)3/h5-6,8,10H,7H2,1-4H3. The number of hydrogen-bond donors (Lipinski definition) is 0. The van der Waals surface area contributed by atoms with Gasteiger partial charge in [0.25, 0.3) is 0 Å². The van der Waals surface area contributed by atoms with Crippen LogP contribution in [0.3, 0.4) is 0 Å². The zero-order chi connectivity index (χ0) is 11.4. The molecule has 0 N–H and O–H groups in total. The van der Waals surface area contributed by atoms with Gasteiger partial charge in [0, 0.05) is 33.0 Å². The van der Waals surface area contributed by atoms with Gasteiger partial charge in [-0.25, -0.2) is 4.98 Å². The van der Waals surface area contributed by atoms with Gasteiger partial charge in [-0.3, -0.25) is 4.79 Å². The first-order valence-corrected chi connectivity index (χ1v) is 5.09. The number of aryl methyl sites for hydroxylation is 1. The van der Waals surface area contributed by atoms with Gasteiger partial charge < -0.3 is 9.30 Å². The Morgan fingerprint density at radius 3 is 2.67 bits per heavy atom. The number of Topliss-reactive ketones (excluding diaryl/α,β-unsaturated/α-hetero) is 1. The maximum Gasteiger partial charge on any atom is 0.200 e. The predicted molar refractivity (Wildman–Crippen MR) is 57.8 cm³/mol. The van der Waals surface area contributed by atoms with Crippen molar-refractivity contribution in [1.82, 2.24) is 9.55 Å². The molecule has 0 aliphatic heterocycles. The van der Waals surface area contributed by atoms with Gasteiger partial charge >= 0.3 is 0 Å². The Morgan fingerprint density at radius 1 is 1.60 bits per heavy atom. The van der Waals surface area contributed by atoms with Crippen molar-refractivity contribution in [2.75, 3.05) is 7.11 Å². The molecule has 0 aliphatic rings. The zero-order valence-corrected chi connectivity index (χ0v) is 9.73. The third kappa shape index (κ3) is 2.89. The van der Waals surface area contributed by atoms with Gasteiger partial charge in [-0.05, 0) is 5.92 Å². The van der Waals surface area contributed by atoms with E-state index >= 15 is 0 Å². The summed E-state index contributed by atoms with van der Waals surface area (Å²) in [5.74, 6) is 0.861. The van der Waals surface area contributed by atoms with Gasteiger partial charge in [-0.2, -0.15) is 0 Å². The van der Waals surface area contributed by atoms with Gasteiger partial charge in [0.2, 0.25) is 5.78 Å². The number of hydrogen-bond acceptors (Lipinski definition) is 3. The van der Waals surface area contributed by atoms with Crippen molar-refractivity contribution in [3.05, 3.63) is 18.2 Å². The van der Waals surface area contributed by atoms with Crippen LogP contribution >= 0.6 is 0 Å². The highest BCUT2D eigenvalue weighted by molar-refractivity contribution is 5.93. The molecule has 1 aromatic rings. The molecule has 0 saturated carbocycles. The molecule has 1 aromatic heterocycles. The summed E-state index contributed by atoms with van der Waals surface area (Å²) in [5, 5.41) is 0. The van der Waals surface area contributed by atoms with E-state index in [0.717, 1.165) is 0 Å². The van der Waals surface area contributed by atoms with Crippen LogP contribution in [0.2, 0.25) is 0 Å². The average molecular weight is 210 g/mol. The van der Waals surface area contributed by atoms with E-state index in [0.29, 0.717) is 18.2 Å². The number of ether oxygens (including phenoxy) is 1. The van der Waals surface area contributed by atoms with Crippen molar-refractivity contribution in [3.8, 4) is 0 Å². The van der Waals surface area contributed by atoms with Crippen LogP contribution in [0.4, 0.5) is 0 Å². The predicted octanol–water partition coefficient (Wildman–Crippen LogP) is 1.66. The molecule has 0 fully saturated rings. The largest absolute Gasteiger partial charge is 0.381 e. The molecular formula is C11H18N2O2. The van der Waals surface area contributed by atoms with Crippen molar-refractivity contribution in [1.29, 1.82) is 0 Å². The fourth-order valence-electron chi connectivity index (χ4n) is 1.50. The number of rotatable bonds is 5. The molecule has 84 valence electrons. The van der Waals surface area contributed by atoms with E-state index < -0.39 is 0 Å². The fraction of sp³-hybridized carbons (Fsp3) is 0.636. The minimum absolute atomic E-state index is 0.0306. The lowest BCUT2D eigenvalue weighted by molar-refractivity contribution is 0.0509. The molecule has 1 rings (SSSR count). The Bertz CT molecular complexity index is 331. The second-order valence-corrected chi connectivity index (χ2v) is 4.01. The van der Waals surface area contributed by atoms with E-state index in [9.17, 15) is 4.79 Å². The van der Waals surface area contributed by atoms with Gasteiger partial charge in [0.1, 0.15) is 0 Å². The number of carbonyl (C=O) groups excluding carboxylic acids is 1. The van der Waals surface area contributed by atoms with Crippen LogP contribution in [0.5, 0.6) is 0 Å². The molecule has 15 heavy (non-hydrogen) atoms. The maximum absolute atomic E-state index is 11.8. The summed E-state index contributed by atoms with van der Waals surface area (Å²) in [6, 6.07) is 0. The summed E-state index contributed by atoms with van der Waals surface area (Å²) in [6.45, 7) is 4.08. The number of methoxy groups -OCH3 is 1. The van der Waals surface area contributed by atoms with Gasteiger partial charge in [0.15, 0.2) is 5.82 Å². The van der Waals surface area contributed by atoms with E-state index in [4.69, 9.17) is 4.74 Å². The summed E-state index contributed by atoms with van der Waals surface area (Å²) < 4.78 is 6.99. The molecule has 4 heteroatoms. The third-order valence-electron chi connectivity index (χ3n) is 2.50. The molecule has 0 radical (unpaired) electrons. The van der Waals surface area contributed by atoms with Crippen molar-refractivity contribution >= 4 is 5.78 Å². The van der Waals surface area contributed by atoms with E-state index in [2.05, 4.69) is 4.98 Å². The van der Waals surface area contributed by atoms with Gasteiger partial charge in [-0.1, -0.05) is 13.8 Å². The van der Waals surface area contributed by atoms with Crippen molar-refractivity contribution in [2.45, 2.75) is 26.4 Å². The first-order valence-electron chi connectivity index (χ1n) is 5.09. The van der Waals surface area contributed by atoms with Gasteiger partial charge in [-0.15, -0.1) is 0 Å². The van der Waals surface area contributed by atoms with Crippen molar-refractivity contribution in [3.63, 3.8) is 0 Å². The molecule has 0 aliphatic carbocycles. The minimum atomic E-state index is -0.0331. The third-order valence-corrected chi connectivity index (χ3v) is 2.50. The number of imidazole rings is 1. The Balaban J connectivity index is 2.67. The fourth-order valence-corrected chi connectivity index (χ4v) is 1.50. The molecule has 0 aromatic carbocycles. The lowest BCUT2D eigenvalue weighted by Gasteiger charge is -2.17. The highest BCUT2D eigenvalue weighted by Crippen LogP contribution is 2.12. The van der Waals surface area contributed by atoms with Crippen molar-refractivity contribution < 1.29 is 9.53 Å². The zero-order valence-electron chi connectivity index (χ0n) is 9.73. The quantitative estimate of drug-likeness (QED) is 0.694. The number of nitrogens with zero attached hydrogens (tertiary/aromatic N) is 2. The summed E-state index contributed by atoms with van der Waals surface area (Å²) in [6.07, 6.45) is 3.75. The lowest BCUT2D eigenvalue weighted by atomic mass is 10.0. The Kier molecular flexibility index (Phi) is 4.03. The molecule has 4 nitrogen and oxygen atoms in total. The second kappa shape index (κ2) is 5.07. The summed E-state index contributed by atoms with van der Waals surface area (Å²) in [4.78, 5) is 15.9. The minimum Gasteiger partial charge on any atom is -0.381 e. The Morgan fingerprint density at radius 2 is 2.27 bits per heavy atom. The van der Waals surface area contributed by atoms with Crippen LogP contribution in [-0.2, 0) is 11.8 Å². The molecule has 1 unspecified atom stereocenters. The van der Waals surface area contributed by atoms with Crippen LogP contribution in [0.1, 0.15) is 30.9 Å². The number of ketones is 1. The summed E-state index contributed by atoms with van der Waals surface area (Å²) in [5.41, 5.74) is 0. The SMILES string of the molecule is COC(CC(=O)c1nccn1C)C(C)C. The van der Waals surface area contributed by atoms with E-state index in [-0.39, 0.29) is 11.9 Å². The Hall–Kier alpha value is -1.16. The molecule has 1 atom stereocenters. The van der Waals surface area contributed by atoms with Crippen LogP contribution in [0.25, 0.3) is 0 Å². The molecule has 0 amide bonds. The normalized spacial score (nSPS) is 13.1. The monoisotopic (exact) mass is 210 g/mol. The first-order chi connectivity index (χ1) is 7.06.